The van der Waals surface area contributed by atoms with Crippen molar-refractivity contribution < 1.29 is 147 Å². The van der Waals surface area contributed by atoms with Crippen LogP contribution < -0.4 is 81.4 Å². The molecule has 135 heavy (non-hydrogen) atoms. The van der Waals surface area contributed by atoms with Crippen LogP contribution in [0.25, 0.3) is 0 Å². The van der Waals surface area contributed by atoms with Crippen molar-refractivity contribution >= 4 is 65.4 Å². The summed E-state index contributed by atoms with van der Waals surface area (Å²) in [6, 6.07) is 44.0. The molecule has 36 nitrogen and oxygen atoms in total. The zero-order valence-corrected chi connectivity index (χ0v) is 75.2. The number of phenols is 2. The molecule has 2 aliphatic heterocycles. The van der Waals surface area contributed by atoms with Gasteiger partial charge in [0.05, 0.1) is 107 Å². The molecule has 0 aliphatic carbocycles. The van der Waals surface area contributed by atoms with Crippen molar-refractivity contribution in [2.45, 2.75) is 52.8 Å². The summed E-state index contributed by atoms with van der Waals surface area (Å²) in [4.78, 5) is 133. The Labute approximate surface area is 772 Å². The number of piperazine rings is 2. The van der Waals surface area contributed by atoms with Gasteiger partial charge in [-0.3, -0.25) is 33.6 Å². The van der Waals surface area contributed by atoms with Crippen molar-refractivity contribution in [3.8, 4) is 69.0 Å². The second-order valence-corrected chi connectivity index (χ2v) is 29.4. The first kappa shape index (κ1) is 105. The number of ether oxygens (including phenoxy) is 13. The fourth-order valence-corrected chi connectivity index (χ4v) is 12.6. The van der Waals surface area contributed by atoms with Gasteiger partial charge < -0.3 is 126 Å². The molecule has 10 aromatic rings. The van der Waals surface area contributed by atoms with Crippen LogP contribution in [0.1, 0.15) is 147 Å². The predicted octanol–water partition coefficient (Wildman–Crippen LogP) is 11.0. The van der Waals surface area contributed by atoms with Crippen LogP contribution in [0, 0.1) is 23.3 Å². The number of hydrogen-bond donors (Lipinski definition) is 9. The number of para-hydroxylation sites is 6. The Morgan fingerprint density at radius 2 is 0.593 bits per heavy atom. The number of nitrogens with one attached hydrogen (secondary N) is 1. The Morgan fingerprint density at radius 3 is 0.896 bits per heavy atom. The van der Waals surface area contributed by atoms with Crippen LogP contribution in [-0.2, 0) is 40.6 Å². The van der Waals surface area contributed by atoms with Gasteiger partial charge in [-0.15, -0.1) is 0 Å². The molecule has 10 aromatic carbocycles. The normalized spacial score (nSPS) is 11.7. The quantitative estimate of drug-likeness (QED) is 0.0125. The summed E-state index contributed by atoms with van der Waals surface area (Å²) < 4.78 is 123. The summed E-state index contributed by atoms with van der Waals surface area (Å²) in [5.41, 5.74) is 27.8. The van der Waals surface area contributed by atoms with Crippen molar-refractivity contribution in [3.63, 3.8) is 0 Å². The summed E-state index contributed by atoms with van der Waals surface area (Å²) in [5, 5.41) is 30.9. The maximum absolute atomic E-state index is 14.6. The van der Waals surface area contributed by atoms with Crippen LogP contribution >= 0.6 is 0 Å². The van der Waals surface area contributed by atoms with Crippen LogP contribution in [-0.4, -0.2) is 210 Å². The van der Waals surface area contributed by atoms with E-state index in [1.807, 2.05) is 0 Å². The van der Waals surface area contributed by atoms with Gasteiger partial charge in [0.25, 0.3) is 41.4 Å². The third-order valence-electron chi connectivity index (χ3n) is 19.3. The monoisotopic (exact) mass is 1880 g/mol. The van der Waals surface area contributed by atoms with Crippen LogP contribution in [0.5, 0.6) is 69.0 Å². The maximum Gasteiger partial charge on any atom is 0.410 e. The lowest BCUT2D eigenvalue weighted by atomic mass is 10.1. The van der Waals surface area contributed by atoms with E-state index in [1.165, 1.54) is 158 Å². The average Bonchev–Trinajstić information content (AvgIpc) is 0.823. The first-order chi connectivity index (χ1) is 64.3. The Kier molecular flexibility index (Phi) is 39.5. The van der Waals surface area contributed by atoms with Crippen LogP contribution in [0.4, 0.5) is 22.4 Å². The molecule has 8 amide bonds. The number of carbonyl (C=O) groups excluding carboxylic acids is 10. The predicted molar refractivity (Wildman–Crippen MR) is 479 cm³/mol. The number of methoxy groups -OCH3 is 8. The molecule has 0 aromatic heterocycles. The largest absolute Gasteiger partial charge is 0.504 e. The molecule has 2 aliphatic rings. The van der Waals surface area contributed by atoms with E-state index in [0.29, 0.717) is 71.4 Å². The number of carboxylic acid groups (broad SMARTS) is 1. The van der Waals surface area contributed by atoms with Gasteiger partial charge in [-0.2, -0.15) is 0 Å². The number of carboxylic acids is 1. The number of aromatic carboxylic acids is 1. The number of halogens is 4. The molecule has 716 valence electrons. The smallest absolute Gasteiger partial charge is 0.410 e. The lowest BCUT2D eigenvalue weighted by Gasteiger charge is -2.35. The first-order valence-corrected chi connectivity index (χ1v) is 40.5. The van der Waals surface area contributed by atoms with E-state index in [1.54, 1.807) is 98.5 Å². The molecule has 40 heteroatoms. The standard InChI is InChI=1S/C25H30FN3O6.C20H22FN3O4.C17H16FNO5.C16H14FNO5.C9H10O4.C8H9NO3/c1-25(2,3)35-24(32)29-12-10-28(11-13-29)23(31)18-14-16(8-9-19(18)26)15-34-21-17(22(27)30)6-5-7-20(21)33-4;1-27-17-4-2-3-14(19(22)25)18(17)28-12-13-5-6-16(21)15(11-13)20(26)24-9-7-23-8-10-24;1-22-14-5-3-4-11(16(19)20)15(14)24-9-10-6-7-13(18)12(8-10)17(21)23-2;1-22-13-4-2-3-10(15(18)19)14(13)23-8-9-5-6-12(17)11(7-9)16(20)21;1-12-7-5-3-4-6(8(7)10)9(11)13-2;1-12-6-4-2-3-5(7(6)10)8(9)11/h5-9,14H,10-13,15H2,1-4H3,(H2,27,30);2-6,11,23H,7-10,12H2,1H3,(H2,22,25);3-8H,9H2,1-2H3,(H2,19,20);2-7H,8H2,1H3,(H2,18,19)(H,20,21);3-5,10H,1-2H3;2-4,10H,1H3,(H2,9,11). The highest BCUT2D eigenvalue weighted by Crippen LogP contribution is 2.38. The van der Waals surface area contributed by atoms with Gasteiger partial charge in [-0.1, -0.05) is 60.7 Å². The number of hydrogen-bond acceptors (Lipinski definition) is 27. The SMILES string of the molecule is COC(=O)c1cc(COc2c(OC)cccc2C(N)=O)ccc1F.COC(=O)c1cccc(OC)c1O.COc1cccc(C(N)=O)c1O.COc1cccc(C(N)=O)c1OCc1ccc(F)c(C(=O)N2CCN(C(=O)OC(C)(C)C)CC2)c1.COc1cccc(C(N)=O)c1OCc1ccc(F)c(C(=O)N2CCNCC2)c1.COc1cccc(C(N)=O)c1OCc1ccc(F)c(C(=O)O)c1. The number of amides is 8. The Bertz CT molecular complexity index is 5930. The fraction of sp³-hybridized carbons (Fsp3) is 0.253. The summed E-state index contributed by atoms with van der Waals surface area (Å²) >= 11 is 0. The molecule has 0 bridgehead atoms. The lowest BCUT2D eigenvalue weighted by molar-refractivity contribution is 0.0139. The molecule has 0 radical (unpaired) electrons. The fourth-order valence-electron chi connectivity index (χ4n) is 12.6. The highest BCUT2D eigenvalue weighted by atomic mass is 19.1. The van der Waals surface area contributed by atoms with Gasteiger partial charge in [0, 0.05) is 52.4 Å². The van der Waals surface area contributed by atoms with Gasteiger partial charge in [0.15, 0.2) is 69.0 Å². The third-order valence-corrected chi connectivity index (χ3v) is 19.3. The van der Waals surface area contributed by atoms with E-state index in [9.17, 15) is 80.5 Å². The average molecular weight is 1880 g/mol. The van der Waals surface area contributed by atoms with E-state index in [2.05, 4.69) is 14.8 Å². The number of phenolic OH excluding ortho intramolecular Hbond substituents is 1. The number of nitrogens with zero attached hydrogens (tertiary/aromatic N) is 3. The van der Waals surface area contributed by atoms with Crippen molar-refractivity contribution in [1.29, 1.82) is 0 Å². The minimum Gasteiger partial charge on any atom is -0.504 e. The number of esters is 2. The summed E-state index contributed by atoms with van der Waals surface area (Å²) in [6.07, 6.45) is -0.443. The molecule has 0 unspecified atom stereocenters. The number of rotatable bonds is 28. The van der Waals surface area contributed by atoms with Crippen molar-refractivity contribution in [1.82, 2.24) is 20.0 Å². The number of carbonyl (C=O) groups is 11. The van der Waals surface area contributed by atoms with Crippen LogP contribution in [0.15, 0.2) is 182 Å². The van der Waals surface area contributed by atoms with Crippen molar-refractivity contribution in [2.75, 3.05) is 109 Å². The molecule has 14 N–H and O–H groups in total. The van der Waals surface area contributed by atoms with Crippen LogP contribution in [0.2, 0.25) is 0 Å². The highest BCUT2D eigenvalue weighted by Gasteiger charge is 2.31. The number of aromatic hydroxyl groups is 2. The Morgan fingerprint density at radius 1 is 0.333 bits per heavy atom. The minimum absolute atomic E-state index is 0.00171. The van der Waals surface area contributed by atoms with E-state index < -0.39 is 93.9 Å². The second kappa shape index (κ2) is 50.6. The molecule has 2 fully saturated rings. The van der Waals surface area contributed by atoms with Gasteiger partial charge in [-0.05, 0) is 164 Å². The molecular formula is C95H101F4N9O27. The van der Waals surface area contributed by atoms with E-state index in [0.717, 1.165) is 18.2 Å². The van der Waals surface area contributed by atoms with Crippen LogP contribution in [0.3, 0.4) is 0 Å². The summed E-state index contributed by atoms with van der Waals surface area (Å²) in [7, 11) is 11.0. The molecule has 0 saturated carbocycles. The Hall–Kier alpha value is -16.6. The number of benzene rings is 10. The zero-order valence-electron chi connectivity index (χ0n) is 75.2. The van der Waals surface area contributed by atoms with Crippen molar-refractivity contribution in [3.05, 3.63) is 283 Å². The molecule has 2 heterocycles. The van der Waals surface area contributed by atoms with Gasteiger partial charge in [0.2, 0.25) is 0 Å². The highest BCUT2D eigenvalue weighted by molar-refractivity contribution is 6.00. The van der Waals surface area contributed by atoms with Gasteiger partial charge in [0.1, 0.15) is 60.9 Å². The van der Waals surface area contributed by atoms with Crippen molar-refractivity contribution in [2.24, 2.45) is 28.7 Å². The first-order valence-electron chi connectivity index (χ1n) is 40.5. The second-order valence-electron chi connectivity index (χ2n) is 29.4. The maximum atomic E-state index is 14.6. The lowest BCUT2D eigenvalue weighted by Crippen LogP contribution is -2.51. The molecule has 0 atom stereocenters. The molecule has 0 spiro atoms. The van der Waals surface area contributed by atoms with Gasteiger partial charge >= 0.3 is 24.0 Å². The van der Waals surface area contributed by atoms with E-state index >= 15 is 0 Å². The molecule has 12 rings (SSSR count). The topological polar surface area (TPSA) is 520 Å². The number of primary amides is 5. The third kappa shape index (κ3) is 29.5. The van der Waals surface area contributed by atoms with E-state index in [-0.39, 0.29) is 155 Å². The minimum atomic E-state index is -1.38. The van der Waals surface area contributed by atoms with Gasteiger partial charge in [-0.25, -0.2) is 36.7 Å². The molecular weight excluding hydrogens is 1780 g/mol. The molecule has 2 saturated heterocycles. The zero-order chi connectivity index (χ0) is 99.5. The summed E-state index contributed by atoms with van der Waals surface area (Å²) in [6.45, 7) is 8.71. The Balaban J connectivity index is 0.000000228. The van der Waals surface area contributed by atoms with E-state index in [4.69, 9.17) is 85.9 Å². The number of nitrogens with two attached hydrogens (primary N) is 5. The summed E-state index contributed by atoms with van der Waals surface area (Å²) in [5.74, 6) is -7.63.